The van der Waals surface area contributed by atoms with Crippen molar-refractivity contribution in [3.8, 4) is 0 Å². The molecule has 6 heteroatoms. The van der Waals surface area contributed by atoms with Crippen LogP contribution in [0.3, 0.4) is 0 Å². The van der Waals surface area contributed by atoms with Gasteiger partial charge in [0.1, 0.15) is 0 Å². The van der Waals surface area contributed by atoms with E-state index in [4.69, 9.17) is 5.11 Å². The van der Waals surface area contributed by atoms with Crippen molar-refractivity contribution in [1.29, 1.82) is 0 Å². The zero-order chi connectivity index (χ0) is 15.4. The van der Waals surface area contributed by atoms with Gasteiger partial charge in [-0.2, -0.15) is 0 Å². The molecule has 21 heavy (non-hydrogen) atoms. The van der Waals surface area contributed by atoms with E-state index < -0.39 is 5.97 Å². The fourth-order valence-corrected chi connectivity index (χ4v) is 2.63. The Balaban J connectivity index is 1.92. The van der Waals surface area contributed by atoms with Crippen molar-refractivity contribution in [2.45, 2.75) is 19.4 Å². The molecule has 0 saturated carbocycles. The highest BCUT2D eigenvalue weighted by Gasteiger charge is 2.25. The summed E-state index contributed by atoms with van der Waals surface area (Å²) in [7, 11) is 2.07. The second kappa shape index (κ2) is 6.58. The molecule has 0 spiro atoms. The lowest BCUT2D eigenvalue weighted by Gasteiger charge is -2.35. The van der Waals surface area contributed by atoms with E-state index in [9.17, 15) is 9.59 Å². The number of hydrogen-bond donors (Lipinski definition) is 3. The minimum Gasteiger partial charge on any atom is -0.478 e. The van der Waals surface area contributed by atoms with E-state index in [0.717, 1.165) is 19.5 Å². The highest BCUT2D eigenvalue weighted by Crippen LogP contribution is 2.16. The van der Waals surface area contributed by atoms with Gasteiger partial charge in [-0.25, -0.2) is 9.59 Å². The van der Waals surface area contributed by atoms with Crippen LogP contribution in [0, 0.1) is 5.92 Å². The highest BCUT2D eigenvalue weighted by molar-refractivity contribution is 5.93. The summed E-state index contributed by atoms with van der Waals surface area (Å²) >= 11 is 0. The summed E-state index contributed by atoms with van der Waals surface area (Å²) in [6.07, 6.45) is 0.917. The maximum absolute atomic E-state index is 12.0. The fourth-order valence-electron chi connectivity index (χ4n) is 2.63. The van der Waals surface area contributed by atoms with Gasteiger partial charge in [0.05, 0.1) is 5.56 Å². The van der Waals surface area contributed by atoms with E-state index in [1.54, 1.807) is 12.1 Å². The third-order valence-corrected chi connectivity index (χ3v) is 3.79. The predicted molar refractivity (Wildman–Crippen MR) is 80.6 cm³/mol. The highest BCUT2D eigenvalue weighted by atomic mass is 16.4. The SMILES string of the molecule is CC1CN(C)CCC1NC(=O)Nc1cccc(C(=O)O)c1. The molecular formula is C15H21N3O3. The van der Waals surface area contributed by atoms with Crippen molar-refractivity contribution in [1.82, 2.24) is 10.2 Å². The zero-order valence-corrected chi connectivity index (χ0v) is 12.3. The van der Waals surface area contributed by atoms with Gasteiger partial charge in [0.25, 0.3) is 0 Å². The zero-order valence-electron chi connectivity index (χ0n) is 12.3. The van der Waals surface area contributed by atoms with Crippen molar-refractivity contribution >= 4 is 17.7 Å². The van der Waals surface area contributed by atoms with Crippen LogP contribution in [0.2, 0.25) is 0 Å². The number of nitrogens with one attached hydrogen (secondary N) is 2. The van der Waals surface area contributed by atoms with Crippen LogP contribution in [-0.4, -0.2) is 48.2 Å². The second-order valence-electron chi connectivity index (χ2n) is 5.62. The van der Waals surface area contributed by atoms with Crippen molar-refractivity contribution in [2.24, 2.45) is 5.92 Å². The molecule has 1 fully saturated rings. The third-order valence-electron chi connectivity index (χ3n) is 3.79. The average Bonchev–Trinajstić information content (AvgIpc) is 2.42. The van der Waals surface area contributed by atoms with Crippen LogP contribution in [0.4, 0.5) is 10.5 Å². The fraction of sp³-hybridized carbons (Fsp3) is 0.467. The number of amides is 2. The minimum atomic E-state index is -1.01. The number of carbonyl (C=O) groups is 2. The Hall–Kier alpha value is -2.08. The monoisotopic (exact) mass is 291 g/mol. The third kappa shape index (κ3) is 4.19. The first-order chi connectivity index (χ1) is 9.95. The number of hydrogen-bond acceptors (Lipinski definition) is 3. The van der Waals surface area contributed by atoms with Gasteiger partial charge in [-0.05, 0) is 44.1 Å². The minimum absolute atomic E-state index is 0.142. The van der Waals surface area contributed by atoms with E-state index in [1.807, 2.05) is 0 Å². The molecule has 0 bridgehead atoms. The standard InChI is InChI=1S/C15H21N3O3/c1-10-9-18(2)7-6-13(10)17-15(21)16-12-5-3-4-11(8-12)14(19)20/h3-5,8,10,13H,6-7,9H2,1-2H3,(H,19,20)(H2,16,17,21). The summed E-state index contributed by atoms with van der Waals surface area (Å²) in [4.78, 5) is 25.1. The van der Waals surface area contributed by atoms with Gasteiger partial charge >= 0.3 is 12.0 Å². The molecule has 0 aliphatic carbocycles. The lowest BCUT2D eigenvalue weighted by Crippen LogP contribution is -2.49. The van der Waals surface area contributed by atoms with Gasteiger partial charge in [0.15, 0.2) is 0 Å². The number of carboxylic acids is 1. The molecule has 2 atom stereocenters. The summed E-state index contributed by atoms with van der Waals surface area (Å²) in [6.45, 7) is 4.04. The van der Waals surface area contributed by atoms with Gasteiger partial charge in [-0.1, -0.05) is 13.0 Å². The number of urea groups is 1. The molecule has 1 heterocycles. The maximum Gasteiger partial charge on any atom is 0.335 e. The molecule has 0 aromatic heterocycles. The molecule has 1 aliphatic rings. The second-order valence-corrected chi connectivity index (χ2v) is 5.62. The normalized spacial score (nSPS) is 22.6. The lowest BCUT2D eigenvalue weighted by atomic mass is 9.94. The van der Waals surface area contributed by atoms with Crippen LogP contribution < -0.4 is 10.6 Å². The van der Waals surface area contributed by atoms with Crippen LogP contribution in [0.5, 0.6) is 0 Å². The molecule has 0 radical (unpaired) electrons. The number of rotatable bonds is 3. The quantitative estimate of drug-likeness (QED) is 0.794. The molecule has 1 aliphatic heterocycles. The number of aromatic carboxylic acids is 1. The maximum atomic E-state index is 12.0. The molecule has 6 nitrogen and oxygen atoms in total. The summed E-state index contributed by atoms with van der Waals surface area (Å²) in [5.41, 5.74) is 0.633. The Kier molecular flexibility index (Phi) is 4.80. The van der Waals surface area contributed by atoms with Crippen LogP contribution in [0.1, 0.15) is 23.7 Å². The topological polar surface area (TPSA) is 81.7 Å². The Morgan fingerprint density at radius 1 is 1.38 bits per heavy atom. The largest absolute Gasteiger partial charge is 0.478 e. The summed E-state index contributed by atoms with van der Waals surface area (Å²) in [5, 5.41) is 14.6. The van der Waals surface area contributed by atoms with Crippen molar-refractivity contribution in [3.63, 3.8) is 0 Å². The van der Waals surface area contributed by atoms with Gasteiger partial charge in [-0.3, -0.25) is 0 Å². The Labute approximate surface area is 124 Å². The van der Waals surface area contributed by atoms with E-state index in [2.05, 4.69) is 29.5 Å². The molecule has 2 unspecified atom stereocenters. The average molecular weight is 291 g/mol. The molecule has 1 saturated heterocycles. The van der Waals surface area contributed by atoms with E-state index in [-0.39, 0.29) is 17.6 Å². The summed E-state index contributed by atoms with van der Waals surface area (Å²) in [6, 6.07) is 6.06. The first kappa shape index (κ1) is 15.3. The number of carboxylic acid groups (broad SMARTS) is 1. The number of likely N-dealkylation sites (tertiary alicyclic amines) is 1. The lowest BCUT2D eigenvalue weighted by molar-refractivity contribution is 0.0697. The molecule has 2 rings (SSSR count). The molecular weight excluding hydrogens is 270 g/mol. The number of benzene rings is 1. The van der Waals surface area contributed by atoms with Gasteiger partial charge in [-0.15, -0.1) is 0 Å². The first-order valence-corrected chi connectivity index (χ1v) is 7.05. The Morgan fingerprint density at radius 3 is 2.81 bits per heavy atom. The summed E-state index contributed by atoms with van der Waals surface area (Å²) in [5.74, 6) is -0.622. The van der Waals surface area contributed by atoms with Crippen LogP contribution in [0.15, 0.2) is 24.3 Å². The molecule has 1 aromatic carbocycles. The summed E-state index contributed by atoms with van der Waals surface area (Å²) < 4.78 is 0. The molecule has 2 amide bonds. The number of nitrogens with zero attached hydrogens (tertiary/aromatic N) is 1. The molecule has 114 valence electrons. The van der Waals surface area contributed by atoms with Gasteiger partial charge < -0.3 is 20.6 Å². The van der Waals surface area contributed by atoms with Crippen LogP contribution >= 0.6 is 0 Å². The molecule has 1 aromatic rings. The van der Waals surface area contributed by atoms with Crippen molar-refractivity contribution in [3.05, 3.63) is 29.8 Å². The molecule has 3 N–H and O–H groups in total. The Bertz CT molecular complexity index is 533. The van der Waals surface area contributed by atoms with Crippen molar-refractivity contribution < 1.29 is 14.7 Å². The Morgan fingerprint density at radius 2 is 2.14 bits per heavy atom. The first-order valence-electron chi connectivity index (χ1n) is 7.05. The number of carbonyl (C=O) groups excluding carboxylic acids is 1. The van der Waals surface area contributed by atoms with Gasteiger partial charge in [0.2, 0.25) is 0 Å². The number of piperidine rings is 1. The van der Waals surface area contributed by atoms with Crippen molar-refractivity contribution in [2.75, 3.05) is 25.5 Å². The number of anilines is 1. The van der Waals surface area contributed by atoms with E-state index in [0.29, 0.717) is 11.6 Å². The van der Waals surface area contributed by atoms with E-state index >= 15 is 0 Å². The van der Waals surface area contributed by atoms with Crippen LogP contribution in [0.25, 0.3) is 0 Å². The van der Waals surface area contributed by atoms with Crippen LogP contribution in [-0.2, 0) is 0 Å². The smallest absolute Gasteiger partial charge is 0.335 e. The predicted octanol–water partition coefficient (Wildman–Crippen LogP) is 1.85. The van der Waals surface area contributed by atoms with Gasteiger partial charge in [0, 0.05) is 18.3 Å². The van der Waals surface area contributed by atoms with E-state index in [1.165, 1.54) is 12.1 Å².